The summed E-state index contributed by atoms with van der Waals surface area (Å²) in [7, 11) is 0. The molecule has 5 heteroatoms. The number of nitrogens with zero attached hydrogens (tertiary/aromatic N) is 1. The molecule has 30 heavy (non-hydrogen) atoms. The number of nitrogens with one attached hydrogen (secondary N) is 1. The van der Waals surface area contributed by atoms with Crippen LogP contribution in [0.1, 0.15) is 55.6 Å². The predicted molar refractivity (Wildman–Crippen MR) is 114 cm³/mol. The lowest BCUT2D eigenvalue weighted by Crippen LogP contribution is -2.50. The number of hydrogen-bond donors (Lipinski definition) is 1. The van der Waals surface area contributed by atoms with E-state index in [1.54, 1.807) is 0 Å². The van der Waals surface area contributed by atoms with E-state index in [0.29, 0.717) is 12.5 Å². The molecule has 2 fully saturated rings. The first-order valence-corrected chi connectivity index (χ1v) is 11.1. The second kappa shape index (κ2) is 8.03. The molecule has 1 spiro atoms. The van der Waals surface area contributed by atoms with Gasteiger partial charge in [0.05, 0.1) is 0 Å². The number of hydrogen-bond acceptors (Lipinski definition) is 3. The molecule has 1 aliphatic carbocycles. The molecule has 1 N–H and O–H groups in total. The van der Waals surface area contributed by atoms with Crippen molar-refractivity contribution in [1.29, 1.82) is 0 Å². The van der Waals surface area contributed by atoms with Crippen molar-refractivity contribution in [2.75, 3.05) is 13.1 Å². The van der Waals surface area contributed by atoms with Gasteiger partial charge in [0.2, 0.25) is 5.91 Å². The van der Waals surface area contributed by atoms with Gasteiger partial charge in [0.15, 0.2) is 0 Å². The molecular formula is C25H29FN2O2. The van der Waals surface area contributed by atoms with Gasteiger partial charge in [0.1, 0.15) is 17.2 Å². The molecule has 2 aliphatic heterocycles. The molecule has 1 amide bonds. The van der Waals surface area contributed by atoms with Gasteiger partial charge in [0.25, 0.3) is 0 Å². The third-order valence-corrected chi connectivity index (χ3v) is 6.76. The second-order valence-electron chi connectivity index (χ2n) is 9.17. The monoisotopic (exact) mass is 408 g/mol. The Morgan fingerprint density at radius 2 is 1.83 bits per heavy atom. The van der Waals surface area contributed by atoms with Crippen LogP contribution in [0.5, 0.6) is 5.75 Å². The van der Waals surface area contributed by atoms with Gasteiger partial charge >= 0.3 is 0 Å². The van der Waals surface area contributed by atoms with Crippen molar-refractivity contribution in [3.05, 3.63) is 65.5 Å². The summed E-state index contributed by atoms with van der Waals surface area (Å²) in [4.78, 5) is 14.9. The van der Waals surface area contributed by atoms with Gasteiger partial charge in [-0.25, -0.2) is 4.39 Å². The summed E-state index contributed by atoms with van der Waals surface area (Å²) in [6.45, 7) is 2.72. The molecule has 2 heterocycles. The number of carbonyl (C=O) groups is 1. The summed E-state index contributed by atoms with van der Waals surface area (Å²) in [6.07, 6.45) is 5.56. The largest absolute Gasteiger partial charge is 0.487 e. The zero-order valence-corrected chi connectivity index (χ0v) is 17.3. The molecule has 0 aromatic heterocycles. The highest BCUT2D eigenvalue weighted by Gasteiger charge is 2.43. The molecule has 158 valence electrons. The number of benzene rings is 2. The highest BCUT2D eigenvalue weighted by Crippen LogP contribution is 2.46. The summed E-state index contributed by atoms with van der Waals surface area (Å²) in [6, 6.07) is 15.4. The first-order chi connectivity index (χ1) is 14.6. The minimum absolute atomic E-state index is 0.170. The standard InChI is InChI=1S/C25H29FN2O2/c26-20-7-5-18(6-8-20)17-28-13-11-25(12-14-28)16-19(15-24(29)27-21-9-10-21)22-3-1-2-4-23(22)30-25/h1-8,19,21H,9-17H2,(H,27,29)/t19-/m0/s1. The summed E-state index contributed by atoms with van der Waals surface area (Å²) >= 11 is 0. The first-order valence-electron chi connectivity index (χ1n) is 11.1. The molecule has 0 radical (unpaired) electrons. The molecule has 2 aromatic rings. The fourth-order valence-electron chi connectivity index (χ4n) is 4.94. The zero-order valence-electron chi connectivity index (χ0n) is 17.3. The van der Waals surface area contributed by atoms with Crippen molar-refractivity contribution in [2.24, 2.45) is 0 Å². The number of para-hydroxylation sites is 1. The molecule has 1 saturated carbocycles. The average Bonchev–Trinajstić information content (AvgIpc) is 3.55. The van der Waals surface area contributed by atoms with Crippen molar-refractivity contribution in [1.82, 2.24) is 10.2 Å². The summed E-state index contributed by atoms with van der Waals surface area (Å²) < 4.78 is 19.7. The van der Waals surface area contributed by atoms with Gasteiger partial charge in [-0.15, -0.1) is 0 Å². The van der Waals surface area contributed by atoms with E-state index in [4.69, 9.17) is 4.74 Å². The highest BCUT2D eigenvalue weighted by molar-refractivity contribution is 5.77. The fourth-order valence-corrected chi connectivity index (χ4v) is 4.94. The van der Waals surface area contributed by atoms with Gasteiger partial charge < -0.3 is 10.1 Å². The van der Waals surface area contributed by atoms with Crippen LogP contribution in [-0.4, -0.2) is 35.5 Å². The lowest BCUT2D eigenvalue weighted by molar-refractivity contribution is -0.122. The maximum absolute atomic E-state index is 13.2. The predicted octanol–water partition coefficient (Wildman–Crippen LogP) is 4.40. The molecule has 3 aliphatic rings. The van der Waals surface area contributed by atoms with E-state index in [1.165, 1.54) is 17.7 Å². The van der Waals surface area contributed by atoms with E-state index >= 15 is 0 Å². The Balaban J connectivity index is 1.26. The topological polar surface area (TPSA) is 41.6 Å². The summed E-state index contributed by atoms with van der Waals surface area (Å²) in [5.74, 6) is 1.13. The van der Waals surface area contributed by atoms with Crippen molar-refractivity contribution >= 4 is 5.91 Å². The van der Waals surface area contributed by atoms with Crippen molar-refractivity contribution in [3.63, 3.8) is 0 Å². The van der Waals surface area contributed by atoms with E-state index < -0.39 is 0 Å². The number of amides is 1. The molecule has 1 atom stereocenters. The summed E-state index contributed by atoms with van der Waals surface area (Å²) in [5, 5.41) is 3.15. The van der Waals surface area contributed by atoms with E-state index in [2.05, 4.69) is 16.3 Å². The zero-order chi connectivity index (χ0) is 20.6. The average molecular weight is 409 g/mol. The Hall–Kier alpha value is -2.40. The molecular weight excluding hydrogens is 379 g/mol. The van der Waals surface area contributed by atoms with Crippen LogP contribution in [0.4, 0.5) is 4.39 Å². The van der Waals surface area contributed by atoms with Gasteiger partial charge in [-0.2, -0.15) is 0 Å². The molecule has 4 nitrogen and oxygen atoms in total. The van der Waals surface area contributed by atoms with Gasteiger partial charge in [-0.05, 0) is 61.4 Å². The Morgan fingerprint density at radius 3 is 2.57 bits per heavy atom. The lowest BCUT2D eigenvalue weighted by Gasteiger charge is -2.47. The van der Waals surface area contributed by atoms with Gasteiger partial charge in [0, 0.05) is 38.0 Å². The van der Waals surface area contributed by atoms with E-state index in [0.717, 1.165) is 63.1 Å². The van der Waals surface area contributed by atoms with Gasteiger partial charge in [-0.3, -0.25) is 9.69 Å². The first kappa shape index (κ1) is 19.6. The van der Waals surface area contributed by atoms with Crippen molar-refractivity contribution in [2.45, 2.75) is 62.6 Å². The van der Waals surface area contributed by atoms with E-state index in [-0.39, 0.29) is 23.2 Å². The number of likely N-dealkylation sites (tertiary alicyclic amines) is 1. The van der Waals surface area contributed by atoms with E-state index in [1.807, 2.05) is 30.3 Å². The van der Waals surface area contributed by atoms with Gasteiger partial charge in [-0.1, -0.05) is 30.3 Å². The van der Waals surface area contributed by atoms with Crippen molar-refractivity contribution < 1.29 is 13.9 Å². The van der Waals surface area contributed by atoms with Crippen LogP contribution >= 0.6 is 0 Å². The maximum Gasteiger partial charge on any atom is 0.220 e. The maximum atomic E-state index is 13.2. The number of rotatable bonds is 5. The lowest BCUT2D eigenvalue weighted by atomic mass is 9.76. The van der Waals surface area contributed by atoms with Crippen LogP contribution in [0.2, 0.25) is 0 Å². The smallest absolute Gasteiger partial charge is 0.220 e. The van der Waals surface area contributed by atoms with Crippen LogP contribution in [0, 0.1) is 5.82 Å². The van der Waals surface area contributed by atoms with Crippen LogP contribution in [0.15, 0.2) is 48.5 Å². The molecule has 0 bridgehead atoms. The quantitative estimate of drug-likeness (QED) is 0.798. The van der Waals surface area contributed by atoms with Crippen LogP contribution < -0.4 is 10.1 Å². The highest BCUT2D eigenvalue weighted by atomic mass is 19.1. The normalized spacial score (nSPS) is 22.9. The molecule has 2 aromatic carbocycles. The van der Waals surface area contributed by atoms with Crippen LogP contribution in [-0.2, 0) is 11.3 Å². The third-order valence-electron chi connectivity index (χ3n) is 6.76. The minimum Gasteiger partial charge on any atom is -0.487 e. The number of carbonyl (C=O) groups excluding carboxylic acids is 1. The third kappa shape index (κ3) is 4.36. The molecule has 1 saturated heterocycles. The number of halogens is 1. The Kier molecular flexibility index (Phi) is 5.23. The second-order valence-corrected chi connectivity index (χ2v) is 9.17. The molecule has 5 rings (SSSR count). The minimum atomic E-state index is -0.196. The number of ether oxygens (including phenoxy) is 1. The Bertz CT molecular complexity index is 902. The summed E-state index contributed by atoms with van der Waals surface area (Å²) in [5.41, 5.74) is 2.11. The molecule has 0 unspecified atom stereocenters. The number of piperidine rings is 1. The fraction of sp³-hybridized carbons (Fsp3) is 0.480. The number of fused-ring (bicyclic) bond motifs is 1. The van der Waals surface area contributed by atoms with Crippen LogP contribution in [0.3, 0.4) is 0 Å². The Morgan fingerprint density at radius 1 is 1.10 bits per heavy atom. The van der Waals surface area contributed by atoms with Crippen LogP contribution in [0.25, 0.3) is 0 Å². The van der Waals surface area contributed by atoms with Crippen molar-refractivity contribution in [3.8, 4) is 5.75 Å². The van der Waals surface area contributed by atoms with E-state index in [9.17, 15) is 9.18 Å². The SMILES string of the molecule is O=C(C[C@H]1CC2(CCN(Cc3ccc(F)cc3)CC2)Oc2ccccc21)NC1CC1. The Labute approximate surface area is 177 Å².